The lowest BCUT2D eigenvalue weighted by atomic mass is 10.1. The van der Waals surface area contributed by atoms with Crippen molar-refractivity contribution in [1.82, 2.24) is 4.98 Å². The molecule has 0 aliphatic carbocycles. The van der Waals surface area contributed by atoms with Gasteiger partial charge in [0.05, 0.1) is 18.2 Å². The van der Waals surface area contributed by atoms with Crippen LogP contribution in [0.25, 0.3) is 0 Å². The number of benzene rings is 1. The number of carbonyl (C=O) groups is 2. The number of aromatic nitrogens is 1. The number of carboxylic acid groups (broad SMARTS) is 1. The van der Waals surface area contributed by atoms with E-state index >= 15 is 0 Å². The highest BCUT2D eigenvalue weighted by Crippen LogP contribution is 2.20. The van der Waals surface area contributed by atoms with Crippen molar-refractivity contribution >= 4 is 29.0 Å². The number of carboxylic acids is 1. The van der Waals surface area contributed by atoms with Gasteiger partial charge < -0.3 is 15.2 Å². The van der Waals surface area contributed by atoms with Crippen LogP contribution < -0.4 is 10.4 Å². The highest BCUT2D eigenvalue weighted by molar-refractivity contribution is 6.29. The Bertz CT molecular complexity index is 644. The van der Waals surface area contributed by atoms with Crippen molar-refractivity contribution in [3.8, 4) is 0 Å². The number of ketones is 1. The molecule has 5 nitrogen and oxygen atoms in total. The Morgan fingerprint density at radius 2 is 1.85 bits per heavy atom. The van der Waals surface area contributed by atoms with E-state index in [0.717, 1.165) is 0 Å². The summed E-state index contributed by atoms with van der Waals surface area (Å²) in [7, 11) is 0. The van der Waals surface area contributed by atoms with Gasteiger partial charge in [-0.25, -0.2) is 4.98 Å². The Hall–Kier alpha value is -2.40. The van der Waals surface area contributed by atoms with Gasteiger partial charge in [0.25, 0.3) is 0 Å². The third kappa shape index (κ3) is 3.33. The van der Waals surface area contributed by atoms with Gasteiger partial charge in [0.2, 0.25) is 5.78 Å². The van der Waals surface area contributed by atoms with Gasteiger partial charge in [-0.1, -0.05) is 41.9 Å². The van der Waals surface area contributed by atoms with E-state index in [1.807, 2.05) is 0 Å². The van der Waals surface area contributed by atoms with Crippen LogP contribution in [0.4, 0.5) is 5.69 Å². The van der Waals surface area contributed by atoms with Crippen LogP contribution in [0.2, 0.25) is 5.15 Å². The molecular weight excluding hydrogens is 280 g/mol. The van der Waals surface area contributed by atoms with Gasteiger partial charge in [-0.15, -0.1) is 0 Å². The summed E-state index contributed by atoms with van der Waals surface area (Å²) in [6, 6.07) is 11.5. The van der Waals surface area contributed by atoms with Crippen molar-refractivity contribution in [3.63, 3.8) is 0 Å². The van der Waals surface area contributed by atoms with Gasteiger partial charge in [-0.05, 0) is 12.1 Å². The second kappa shape index (κ2) is 6.16. The van der Waals surface area contributed by atoms with E-state index in [4.69, 9.17) is 11.6 Å². The molecule has 2 rings (SSSR count). The maximum absolute atomic E-state index is 12.3. The Morgan fingerprint density at radius 1 is 1.15 bits per heavy atom. The molecule has 20 heavy (non-hydrogen) atoms. The van der Waals surface area contributed by atoms with Crippen LogP contribution in [0.3, 0.4) is 0 Å². The first-order valence-electron chi connectivity index (χ1n) is 5.78. The summed E-state index contributed by atoms with van der Waals surface area (Å²) in [5.41, 5.74) is 0.816. The minimum Gasteiger partial charge on any atom is -0.548 e. The normalized spacial score (nSPS) is 10.1. The average Bonchev–Trinajstić information content (AvgIpc) is 2.46. The molecule has 0 radical (unpaired) electrons. The molecule has 1 aromatic carbocycles. The van der Waals surface area contributed by atoms with Crippen molar-refractivity contribution in [2.24, 2.45) is 0 Å². The third-order valence-corrected chi connectivity index (χ3v) is 2.75. The fourth-order valence-corrected chi connectivity index (χ4v) is 1.79. The van der Waals surface area contributed by atoms with E-state index in [9.17, 15) is 14.7 Å². The summed E-state index contributed by atoms with van der Waals surface area (Å²) in [6.45, 7) is -0.418. The number of halogens is 1. The summed E-state index contributed by atoms with van der Waals surface area (Å²) in [6.07, 6.45) is 0. The fourth-order valence-electron chi connectivity index (χ4n) is 1.64. The number of hydrogen-bond acceptors (Lipinski definition) is 5. The Labute approximate surface area is 120 Å². The number of pyridine rings is 1. The second-order valence-corrected chi connectivity index (χ2v) is 4.34. The summed E-state index contributed by atoms with van der Waals surface area (Å²) < 4.78 is 0. The predicted molar refractivity (Wildman–Crippen MR) is 72.6 cm³/mol. The zero-order valence-corrected chi connectivity index (χ0v) is 11.1. The number of nitrogens with one attached hydrogen (secondary N) is 1. The van der Waals surface area contributed by atoms with Crippen LogP contribution in [0.1, 0.15) is 16.1 Å². The minimum atomic E-state index is -1.28. The van der Waals surface area contributed by atoms with E-state index in [1.54, 1.807) is 30.3 Å². The van der Waals surface area contributed by atoms with Crippen molar-refractivity contribution in [3.05, 3.63) is 58.9 Å². The molecule has 0 saturated heterocycles. The summed E-state index contributed by atoms with van der Waals surface area (Å²) in [5, 5.41) is 13.2. The summed E-state index contributed by atoms with van der Waals surface area (Å²) in [4.78, 5) is 26.8. The molecule has 0 aliphatic heterocycles. The molecule has 0 saturated carbocycles. The number of carbonyl (C=O) groups excluding carboxylic acids is 2. The molecule has 1 aromatic heterocycles. The lowest BCUT2D eigenvalue weighted by Crippen LogP contribution is -2.30. The van der Waals surface area contributed by atoms with Crippen molar-refractivity contribution in [1.29, 1.82) is 0 Å². The summed E-state index contributed by atoms with van der Waals surface area (Å²) >= 11 is 5.79. The Balaban J connectivity index is 2.36. The van der Waals surface area contributed by atoms with E-state index in [-0.39, 0.29) is 16.6 Å². The number of anilines is 1. The van der Waals surface area contributed by atoms with Gasteiger partial charge in [-0.3, -0.25) is 4.79 Å². The summed E-state index contributed by atoms with van der Waals surface area (Å²) in [5.74, 6) is -1.62. The lowest BCUT2D eigenvalue weighted by molar-refractivity contribution is -0.302. The standard InChI is InChI=1S/C14H11ClN2O3/c15-11-7-6-10(16-8-12(18)19)13(17-11)14(20)9-4-2-1-3-5-9/h1-7,16H,8H2,(H,18,19)/p-1. The molecular formula is C14H10ClN2O3-. The first-order chi connectivity index (χ1) is 9.58. The first-order valence-corrected chi connectivity index (χ1v) is 6.16. The maximum atomic E-state index is 12.3. The molecule has 6 heteroatoms. The lowest BCUT2D eigenvalue weighted by Gasteiger charge is -2.11. The molecule has 0 bridgehead atoms. The average molecular weight is 290 g/mol. The molecule has 0 aliphatic rings. The van der Waals surface area contributed by atoms with E-state index in [1.165, 1.54) is 12.1 Å². The minimum absolute atomic E-state index is 0.0740. The molecule has 102 valence electrons. The van der Waals surface area contributed by atoms with Crippen LogP contribution in [-0.4, -0.2) is 23.3 Å². The molecule has 0 spiro atoms. The molecule has 1 heterocycles. The van der Waals surface area contributed by atoms with Crippen LogP contribution in [0, 0.1) is 0 Å². The number of hydrogen-bond donors (Lipinski definition) is 1. The SMILES string of the molecule is O=C([O-])CNc1ccc(Cl)nc1C(=O)c1ccccc1. The highest BCUT2D eigenvalue weighted by Gasteiger charge is 2.15. The van der Waals surface area contributed by atoms with Gasteiger partial charge >= 0.3 is 0 Å². The number of rotatable bonds is 5. The van der Waals surface area contributed by atoms with Crippen molar-refractivity contribution in [2.75, 3.05) is 11.9 Å². The van der Waals surface area contributed by atoms with Gasteiger partial charge in [0, 0.05) is 5.56 Å². The van der Waals surface area contributed by atoms with Crippen LogP contribution in [0.15, 0.2) is 42.5 Å². The molecule has 0 unspecified atom stereocenters. The zero-order valence-electron chi connectivity index (χ0n) is 10.3. The molecule has 0 amide bonds. The Morgan fingerprint density at radius 3 is 2.50 bits per heavy atom. The monoisotopic (exact) mass is 289 g/mol. The van der Waals surface area contributed by atoms with E-state index < -0.39 is 12.5 Å². The van der Waals surface area contributed by atoms with E-state index in [2.05, 4.69) is 10.3 Å². The first kappa shape index (κ1) is 14.0. The Kier molecular flexibility index (Phi) is 4.32. The highest BCUT2D eigenvalue weighted by atomic mass is 35.5. The maximum Gasteiger partial charge on any atom is 0.213 e. The van der Waals surface area contributed by atoms with Gasteiger partial charge in [-0.2, -0.15) is 0 Å². The van der Waals surface area contributed by atoms with Crippen LogP contribution in [0.5, 0.6) is 0 Å². The molecule has 0 fully saturated rings. The smallest absolute Gasteiger partial charge is 0.213 e. The molecule has 0 atom stereocenters. The largest absolute Gasteiger partial charge is 0.548 e. The molecule has 2 aromatic rings. The molecule has 1 N–H and O–H groups in total. The van der Waals surface area contributed by atoms with Gasteiger partial charge in [0.15, 0.2) is 0 Å². The van der Waals surface area contributed by atoms with E-state index in [0.29, 0.717) is 11.3 Å². The fraction of sp³-hybridized carbons (Fsp3) is 0.0714. The van der Waals surface area contributed by atoms with Crippen LogP contribution in [-0.2, 0) is 4.79 Å². The van der Waals surface area contributed by atoms with Gasteiger partial charge in [0.1, 0.15) is 10.8 Å². The topological polar surface area (TPSA) is 82.1 Å². The quantitative estimate of drug-likeness (QED) is 0.659. The number of aliphatic carboxylic acids is 1. The second-order valence-electron chi connectivity index (χ2n) is 3.95. The third-order valence-electron chi connectivity index (χ3n) is 2.54. The number of nitrogens with zero attached hydrogens (tertiary/aromatic N) is 1. The zero-order chi connectivity index (χ0) is 14.5. The van der Waals surface area contributed by atoms with Crippen molar-refractivity contribution in [2.45, 2.75) is 0 Å². The van der Waals surface area contributed by atoms with Crippen LogP contribution >= 0.6 is 11.6 Å². The van der Waals surface area contributed by atoms with Crippen molar-refractivity contribution < 1.29 is 14.7 Å². The predicted octanol–water partition coefficient (Wildman–Crippen LogP) is 1.13.